The van der Waals surface area contributed by atoms with E-state index in [-0.39, 0.29) is 28.8 Å². The average molecular weight is 661 g/mol. The van der Waals surface area contributed by atoms with Crippen LogP contribution in [-0.2, 0) is 31.9 Å². The van der Waals surface area contributed by atoms with Crippen molar-refractivity contribution >= 4 is 14.1 Å². The summed E-state index contributed by atoms with van der Waals surface area (Å²) in [5.74, 6) is 0.302. The highest BCUT2D eigenvalue weighted by atomic mass is 28.4. The molecule has 4 rings (SSSR count). The van der Waals surface area contributed by atoms with Crippen molar-refractivity contribution in [3.8, 4) is 0 Å². The molecule has 2 atom stereocenters. The molecule has 0 saturated heterocycles. The van der Waals surface area contributed by atoms with Gasteiger partial charge in [0.05, 0.1) is 24.4 Å². The van der Waals surface area contributed by atoms with E-state index in [2.05, 4.69) is 41.5 Å². The molecule has 6 nitrogen and oxygen atoms in total. The van der Waals surface area contributed by atoms with Crippen LogP contribution in [0.15, 0.2) is 95.3 Å². The minimum absolute atomic E-state index is 0.0324. The van der Waals surface area contributed by atoms with Gasteiger partial charge in [0.1, 0.15) is 11.7 Å². The summed E-state index contributed by atoms with van der Waals surface area (Å²) < 4.78 is 19.9. The number of aliphatic hydroxyl groups is 2. The lowest BCUT2D eigenvalue weighted by atomic mass is 9.60. The average Bonchev–Trinajstić information content (AvgIpc) is 3.05. The fourth-order valence-electron chi connectivity index (χ4n) is 7.70. The van der Waals surface area contributed by atoms with Crippen LogP contribution in [0.4, 0.5) is 0 Å². The molecular formula is C40H56O6Si. The van der Waals surface area contributed by atoms with Crippen molar-refractivity contribution in [1.82, 2.24) is 0 Å². The van der Waals surface area contributed by atoms with E-state index in [1.54, 1.807) is 13.8 Å². The molecule has 0 amide bonds. The number of rotatable bonds is 14. The van der Waals surface area contributed by atoms with Gasteiger partial charge in [0.25, 0.3) is 8.32 Å². The van der Waals surface area contributed by atoms with E-state index in [1.807, 2.05) is 79.7 Å². The number of allylic oxidation sites excluding steroid dienone is 3. The SMILES string of the molecule is CC1=C(O[Si](C(C)C)(C(C)C)C(C)C)C[C@@](O)([C@@H](O)C2=CCCC=C2C(OCc2ccccc2)OCc2ccccc2)C(C)(C)C1=O. The van der Waals surface area contributed by atoms with E-state index >= 15 is 0 Å². The lowest BCUT2D eigenvalue weighted by Crippen LogP contribution is -2.61. The van der Waals surface area contributed by atoms with Crippen molar-refractivity contribution in [2.45, 2.75) is 129 Å². The summed E-state index contributed by atoms with van der Waals surface area (Å²) in [4.78, 5) is 14.1. The van der Waals surface area contributed by atoms with E-state index in [0.29, 0.717) is 42.1 Å². The van der Waals surface area contributed by atoms with Gasteiger partial charge in [-0.05, 0) is 66.9 Å². The largest absolute Gasteiger partial charge is 0.545 e. The summed E-state index contributed by atoms with van der Waals surface area (Å²) in [6.07, 6.45) is 3.26. The summed E-state index contributed by atoms with van der Waals surface area (Å²) in [6, 6.07) is 19.8. The minimum atomic E-state index is -2.46. The van der Waals surface area contributed by atoms with Crippen molar-refractivity contribution in [3.05, 3.63) is 106 Å². The van der Waals surface area contributed by atoms with E-state index < -0.39 is 31.7 Å². The first-order valence-electron chi connectivity index (χ1n) is 17.2. The van der Waals surface area contributed by atoms with Crippen LogP contribution >= 0.6 is 0 Å². The Labute approximate surface area is 283 Å². The van der Waals surface area contributed by atoms with Crippen molar-refractivity contribution in [2.24, 2.45) is 5.41 Å². The minimum Gasteiger partial charge on any atom is -0.545 e. The van der Waals surface area contributed by atoms with Crippen LogP contribution in [0, 0.1) is 5.41 Å². The Kier molecular flexibility index (Phi) is 11.9. The summed E-state index contributed by atoms with van der Waals surface area (Å²) in [6.45, 7) is 19.1. The smallest absolute Gasteiger partial charge is 0.258 e. The first-order chi connectivity index (χ1) is 22.2. The van der Waals surface area contributed by atoms with Gasteiger partial charge in [-0.15, -0.1) is 0 Å². The summed E-state index contributed by atoms with van der Waals surface area (Å²) in [5.41, 5.74) is 1.47. The molecule has 0 aliphatic heterocycles. The third-order valence-electron chi connectivity index (χ3n) is 10.6. The van der Waals surface area contributed by atoms with Crippen LogP contribution in [0.25, 0.3) is 0 Å². The third kappa shape index (κ3) is 7.45. The fourth-order valence-corrected chi connectivity index (χ4v) is 13.1. The zero-order chi connectivity index (χ0) is 34.6. The molecule has 0 radical (unpaired) electrons. The van der Waals surface area contributed by atoms with E-state index in [9.17, 15) is 15.0 Å². The molecule has 2 aromatic carbocycles. The Morgan fingerprint density at radius 3 is 1.66 bits per heavy atom. The molecule has 0 bridgehead atoms. The molecule has 2 aliphatic carbocycles. The van der Waals surface area contributed by atoms with Gasteiger partial charge in [-0.2, -0.15) is 0 Å². The van der Waals surface area contributed by atoms with Crippen LogP contribution in [0.5, 0.6) is 0 Å². The van der Waals surface area contributed by atoms with Gasteiger partial charge in [-0.1, -0.05) is 114 Å². The van der Waals surface area contributed by atoms with Crippen molar-refractivity contribution in [2.75, 3.05) is 0 Å². The molecule has 0 heterocycles. The molecule has 0 aromatic heterocycles. The zero-order valence-corrected chi connectivity index (χ0v) is 30.9. The molecule has 0 unspecified atom stereocenters. The second-order valence-electron chi connectivity index (χ2n) is 14.7. The molecule has 7 heteroatoms. The molecular weight excluding hydrogens is 605 g/mol. The van der Waals surface area contributed by atoms with Crippen LogP contribution in [0.3, 0.4) is 0 Å². The Morgan fingerprint density at radius 1 is 0.766 bits per heavy atom. The third-order valence-corrected chi connectivity index (χ3v) is 16.6. The lowest BCUT2D eigenvalue weighted by Gasteiger charge is -2.51. The molecule has 2 aromatic rings. The maximum Gasteiger partial charge on any atom is 0.258 e. The summed E-state index contributed by atoms with van der Waals surface area (Å²) in [5, 5.41) is 25.0. The molecule has 256 valence electrons. The second-order valence-corrected chi connectivity index (χ2v) is 20.1. The van der Waals surface area contributed by atoms with Gasteiger partial charge in [0, 0.05) is 17.6 Å². The molecule has 47 heavy (non-hydrogen) atoms. The van der Waals surface area contributed by atoms with Crippen LogP contribution in [0.2, 0.25) is 16.6 Å². The van der Waals surface area contributed by atoms with Crippen molar-refractivity contribution < 1.29 is 28.9 Å². The summed E-state index contributed by atoms with van der Waals surface area (Å²) in [7, 11) is -2.46. The summed E-state index contributed by atoms with van der Waals surface area (Å²) >= 11 is 0. The standard InChI is InChI=1S/C40H56O6Si/c1-27(2)47(28(3)4,29(5)6)46-35-24-40(43,39(8,9)36(41)30(35)7)37(42)33-22-16-17-23-34(33)38(44-25-31-18-12-10-13-19-31)45-26-32-20-14-11-15-21-32/h10-15,18-23,27-29,37-38,42-43H,16-17,24-26H2,1-9H3/t37-,40+/m0/s1. The monoisotopic (exact) mass is 660 g/mol. The van der Waals surface area contributed by atoms with Gasteiger partial charge in [0.2, 0.25) is 0 Å². The number of ether oxygens (including phenoxy) is 2. The van der Waals surface area contributed by atoms with E-state index in [1.165, 1.54) is 0 Å². The van der Waals surface area contributed by atoms with Crippen LogP contribution in [-0.4, -0.2) is 42.3 Å². The van der Waals surface area contributed by atoms with Crippen molar-refractivity contribution in [3.63, 3.8) is 0 Å². The maximum atomic E-state index is 14.1. The Balaban J connectivity index is 1.70. The van der Waals surface area contributed by atoms with Gasteiger partial charge in [0.15, 0.2) is 12.1 Å². The highest BCUT2D eigenvalue weighted by Gasteiger charge is 2.60. The number of benzene rings is 2. The molecule has 0 fully saturated rings. The van der Waals surface area contributed by atoms with Crippen LogP contribution in [0.1, 0.15) is 92.7 Å². The van der Waals surface area contributed by atoms with Gasteiger partial charge >= 0.3 is 0 Å². The van der Waals surface area contributed by atoms with Gasteiger partial charge < -0.3 is 24.1 Å². The van der Waals surface area contributed by atoms with Gasteiger partial charge in [-0.3, -0.25) is 4.79 Å². The fraction of sp³-hybridized carbons (Fsp3) is 0.525. The number of aliphatic hydroxyl groups excluding tert-OH is 1. The first-order valence-corrected chi connectivity index (χ1v) is 19.4. The second kappa shape index (κ2) is 15.2. The topological polar surface area (TPSA) is 85.2 Å². The van der Waals surface area contributed by atoms with Gasteiger partial charge in [-0.25, -0.2) is 0 Å². The predicted molar refractivity (Wildman–Crippen MR) is 191 cm³/mol. The lowest BCUT2D eigenvalue weighted by molar-refractivity contribution is -0.165. The molecule has 0 spiro atoms. The Morgan fingerprint density at radius 2 is 1.21 bits per heavy atom. The van der Waals surface area contributed by atoms with E-state index in [4.69, 9.17) is 13.9 Å². The van der Waals surface area contributed by atoms with Crippen molar-refractivity contribution in [1.29, 1.82) is 0 Å². The number of Topliss-reactive ketones (excluding diaryl/α,β-unsaturated/α-hetero) is 1. The number of hydrogen-bond acceptors (Lipinski definition) is 6. The Bertz CT molecular complexity index is 1390. The highest BCUT2D eigenvalue weighted by molar-refractivity contribution is 6.77. The quantitative estimate of drug-likeness (QED) is 0.155. The molecule has 2 N–H and O–H groups in total. The van der Waals surface area contributed by atoms with Crippen LogP contribution < -0.4 is 0 Å². The number of hydrogen-bond donors (Lipinski definition) is 2. The molecule has 0 saturated carbocycles. The van der Waals surface area contributed by atoms with E-state index in [0.717, 1.165) is 17.5 Å². The maximum absolute atomic E-state index is 14.1. The number of carbonyl (C=O) groups is 1. The number of carbonyl (C=O) groups excluding carboxylic acids is 1. The number of ketones is 1. The predicted octanol–water partition coefficient (Wildman–Crippen LogP) is 8.95. The molecule has 2 aliphatic rings. The zero-order valence-electron chi connectivity index (χ0n) is 29.9. The highest BCUT2D eigenvalue weighted by Crippen LogP contribution is 2.52. The first kappa shape index (κ1) is 37.0. The Hall–Kier alpha value is -2.81. The normalized spacial score (nSPS) is 21.0.